The number of rotatable bonds is 6. The molecular formula is C13H24N2O4. The number of hydrogen-bond acceptors (Lipinski definition) is 3. The van der Waals surface area contributed by atoms with Gasteiger partial charge in [0, 0.05) is 19.7 Å². The monoisotopic (exact) mass is 272 g/mol. The predicted octanol–water partition coefficient (Wildman–Crippen LogP) is 1.04. The smallest absolute Gasteiger partial charge is 0.326 e. The highest BCUT2D eigenvalue weighted by molar-refractivity contribution is 5.82. The Morgan fingerprint density at radius 2 is 2.21 bits per heavy atom. The lowest BCUT2D eigenvalue weighted by molar-refractivity contribution is -0.139. The van der Waals surface area contributed by atoms with Crippen LogP contribution in [0.5, 0.6) is 0 Å². The highest BCUT2D eigenvalue weighted by atomic mass is 16.4. The first-order valence-electron chi connectivity index (χ1n) is 6.97. The first kappa shape index (κ1) is 15.8. The topological polar surface area (TPSA) is 89.9 Å². The van der Waals surface area contributed by atoms with Crippen molar-refractivity contribution in [3.05, 3.63) is 0 Å². The third-order valence-electron chi connectivity index (χ3n) is 3.52. The van der Waals surface area contributed by atoms with E-state index in [1.54, 1.807) is 4.90 Å². The molecule has 0 bridgehead atoms. The number of amides is 2. The van der Waals surface area contributed by atoms with E-state index in [-0.39, 0.29) is 12.6 Å². The first-order chi connectivity index (χ1) is 9.08. The van der Waals surface area contributed by atoms with Crippen molar-refractivity contribution in [1.29, 1.82) is 0 Å². The zero-order chi connectivity index (χ0) is 14.3. The van der Waals surface area contributed by atoms with Gasteiger partial charge >= 0.3 is 12.0 Å². The normalized spacial score (nSPS) is 20.9. The van der Waals surface area contributed by atoms with Crippen molar-refractivity contribution in [2.75, 3.05) is 19.7 Å². The quantitative estimate of drug-likeness (QED) is 0.674. The Morgan fingerprint density at radius 3 is 2.79 bits per heavy atom. The van der Waals surface area contributed by atoms with Crippen molar-refractivity contribution < 1.29 is 19.8 Å². The van der Waals surface area contributed by atoms with Crippen molar-refractivity contribution >= 4 is 12.0 Å². The van der Waals surface area contributed by atoms with Crippen LogP contribution in [0.1, 0.15) is 39.0 Å². The van der Waals surface area contributed by atoms with Crippen LogP contribution in [0.3, 0.4) is 0 Å². The van der Waals surface area contributed by atoms with E-state index < -0.39 is 12.0 Å². The summed E-state index contributed by atoms with van der Waals surface area (Å²) in [6, 6.07) is -1.11. The van der Waals surface area contributed by atoms with Crippen LogP contribution >= 0.6 is 0 Å². The average Bonchev–Trinajstić information content (AvgIpc) is 2.38. The lowest BCUT2D eigenvalue weighted by Gasteiger charge is -2.33. The first-order valence-corrected chi connectivity index (χ1v) is 6.97. The summed E-state index contributed by atoms with van der Waals surface area (Å²) in [6.07, 6.45) is 3.77. The number of nitrogens with zero attached hydrogens (tertiary/aromatic N) is 1. The van der Waals surface area contributed by atoms with Gasteiger partial charge in [-0.2, -0.15) is 0 Å². The molecule has 1 aliphatic heterocycles. The molecule has 19 heavy (non-hydrogen) atoms. The number of carboxylic acid groups (broad SMARTS) is 1. The van der Waals surface area contributed by atoms with Gasteiger partial charge in [-0.15, -0.1) is 0 Å². The van der Waals surface area contributed by atoms with Gasteiger partial charge in [-0.25, -0.2) is 9.59 Å². The number of carbonyl (C=O) groups is 2. The van der Waals surface area contributed by atoms with Crippen LogP contribution in [0.25, 0.3) is 0 Å². The largest absolute Gasteiger partial charge is 0.480 e. The van der Waals surface area contributed by atoms with Crippen LogP contribution in [0.2, 0.25) is 0 Å². The number of likely N-dealkylation sites (tertiary alicyclic amines) is 1. The Labute approximate surface area is 113 Å². The maximum atomic E-state index is 12.0. The third kappa shape index (κ3) is 5.06. The van der Waals surface area contributed by atoms with Gasteiger partial charge in [0.05, 0.1) is 0 Å². The second-order valence-electron chi connectivity index (χ2n) is 5.10. The van der Waals surface area contributed by atoms with E-state index in [0.717, 1.165) is 12.8 Å². The number of piperidine rings is 1. The summed E-state index contributed by atoms with van der Waals surface area (Å²) in [5.74, 6) is -0.668. The van der Waals surface area contributed by atoms with E-state index >= 15 is 0 Å². The van der Waals surface area contributed by atoms with Gasteiger partial charge < -0.3 is 20.4 Å². The van der Waals surface area contributed by atoms with E-state index in [4.69, 9.17) is 10.2 Å². The number of aliphatic hydroxyl groups is 1. The second-order valence-corrected chi connectivity index (χ2v) is 5.10. The van der Waals surface area contributed by atoms with Crippen LogP contribution in [0, 0.1) is 5.92 Å². The minimum Gasteiger partial charge on any atom is -0.480 e. The summed E-state index contributed by atoms with van der Waals surface area (Å²) in [5, 5.41) is 20.5. The molecule has 110 valence electrons. The van der Waals surface area contributed by atoms with E-state index in [0.29, 0.717) is 38.3 Å². The standard InChI is InChI=1S/C13H24N2O4/c1-2-4-11(12(17)18)14-13(19)15-7-3-5-10(9-15)6-8-16/h10-11,16H,2-9H2,1H3,(H,14,19)(H,17,18)/t10?,11-/m1/s1. The minimum absolute atomic E-state index is 0.133. The number of aliphatic hydroxyl groups excluding tert-OH is 1. The van der Waals surface area contributed by atoms with E-state index in [9.17, 15) is 9.59 Å². The van der Waals surface area contributed by atoms with Crippen molar-refractivity contribution in [3.63, 3.8) is 0 Å². The molecule has 2 atom stereocenters. The van der Waals surface area contributed by atoms with Gasteiger partial charge in [0.2, 0.25) is 0 Å². The number of nitrogens with one attached hydrogen (secondary N) is 1. The molecule has 1 unspecified atom stereocenters. The van der Waals surface area contributed by atoms with Crippen molar-refractivity contribution in [2.24, 2.45) is 5.92 Å². The molecule has 2 amide bonds. The molecule has 1 aliphatic rings. The summed E-state index contributed by atoms with van der Waals surface area (Å²) >= 11 is 0. The molecular weight excluding hydrogens is 248 g/mol. The average molecular weight is 272 g/mol. The third-order valence-corrected chi connectivity index (χ3v) is 3.52. The molecule has 0 aliphatic carbocycles. The van der Waals surface area contributed by atoms with Gasteiger partial charge in [0.15, 0.2) is 0 Å². The molecule has 0 aromatic heterocycles. The molecule has 0 aromatic rings. The summed E-state index contributed by atoms with van der Waals surface area (Å²) in [7, 11) is 0. The van der Waals surface area contributed by atoms with Crippen LogP contribution < -0.4 is 5.32 Å². The lowest BCUT2D eigenvalue weighted by Crippen LogP contribution is -2.50. The minimum atomic E-state index is -0.987. The number of hydrogen-bond donors (Lipinski definition) is 3. The zero-order valence-corrected chi connectivity index (χ0v) is 11.5. The van der Waals surface area contributed by atoms with Crippen LogP contribution in [0.15, 0.2) is 0 Å². The molecule has 0 radical (unpaired) electrons. The Morgan fingerprint density at radius 1 is 1.47 bits per heavy atom. The summed E-state index contributed by atoms with van der Waals surface area (Å²) in [6.45, 7) is 3.28. The maximum absolute atomic E-state index is 12.0. The van der Waals surface area contributed by atoms with Gasteiger partial charge in [-0.05, 0) is 31.6 Å². The molecule has 6 heteroatoms. The fourth-order valence-electron chi connectivity index (χ4n) is 2.45. The van der Waals surface area contributed by atoms with E-state index in [2.05, 4.69) is 5.32 Å². The van der Waals surface area contributed by atoms with Crippen LogP contribution in [0.4, 0.5) is 4.79 Å². The summed E-state index contributed by atoms with van der Waals surface area (Å²) in [4.78, 5) is 24.7. The second kappa shape index (κ2) is 7.99. The fourth-order valence-corrected chi connectivity index (χ4v) is 2.45. The van der Waals surface area contributed by atoms with E-state index in [1.165, 1.54) is 0 Å². The number of aliphatic carboxylic acids is 1. The molecule has 1 saturated heterocycles. The molecule has 6 nitrogen and oxygen atoms in total. The Kier molecular flexibility index (Phi) is 6.62. The SMILES string of the molecule is CCC[C@@H](NC(=O)N1CCCC(CCO)C1)C(=O)O. The van der Waals surface area contributed by atoms with Gasteiger partial charge in [0.25, 0.3) is 0 Å². The van der Waals surface area contributed by atoms with E-state index in [1.807, 2.05) is 6.92 Å². The molecule has 3 N–H and O–H groups in total. The predicted molar refractivity (Wildman–Crippen MR) is 70.9 cm³/mol. The molecule has 1 heterocycles. The number of carboxylic acids is 1. The maximum Gasteiger partial charge on any atom is 0.326 e. The van der Waals surface area contributed by atoms with Crippen LogP contribution in [-0.4, -0.2) is 52.9 Å². The molecule has 1 rings (SSSR count). The zero-order valence-electron chi connectivity index (χ0n) is 11.5. The Bertz CT molecular complexity index is 307. The molecule has 0 spiro atoms. The number of carbonyl (C=O) groups excluding carboxylic acids is 1. The lowest BCUT2D eigenvalue weighted by atomic mass is 9.95. The van der Waals surface area contributed by atoms with Gasteiger partial charge in [-0.3, -0.25) is 0 Å². The highest BCUT2D eigenvalue weighted by Gasteiger charge is 2.26. The molecule has 0 aromatic carbocycles. The van der Waals surface area contributed by atoms with Crippen LogP contribution in [-0.2, 0) is 4.79 Å². The summed E-state index contributed by atoms with van der Waals surface area (Å²) < 4.78 is 0. The Hall–Kier alpha value is -1.30. The molecule has 0 saturated carbocycles. The van der Waals surface area contributed by atoms with Gasteiger partial charge in [0.1, 0.15) is 6.04 Å². The fraction of sp³-hybridized carbons (Fsp3) is 0.846. The van der Waals surface area contributed by atoms with Crippen molar-refractivity contribution in [2.45, 2.75) is 45.1 Å². The van der Waals surface area contributed by atoms with Gasteiger partial charge in [-0.1, -0.05) is 13.3 Å². The Balaban J connectivity index is 2.49. The highest BCUT2D eigenvalue weighted by Crippen LogP contribution is 2.19. The van der Waals surface area contributed by atoms with Crippen molar-refractivity contribution in [1.82, 2.24) is 10.2 Å². The number of urea groups is 1. The summed E-state index contributed by atoms with van der Waals surface area (Å²) in [5.41, 5.74) is 0. The van der Waals surface area contributed by atoms with Crippen molar-refractivity contribution in [3.8, 4) is 0 Å². The molecule has 1 fully saturated rings.